The van der Waals surface area contributed by atoms with Gasteiger partial charge >= 0.3 is 0 Å². The maximum Gasteiger partial charge on any atom is 0.268 e. The van der Waals surface area contributed by atoms with Gasteiger partial charge in [0.15, 0.2) is 0 Å². The topological polar surface area (TPSA) is 39.1 Å². The number of hydrogen-bond donors (Lipinski definition) is 0. The number of aryl methyl sites for hydroxylation is 2. The molecule has 0 saturated carbocycles. The highest BCUT2D eigenvalue weighted by Gasteiger charge is 2.21. The first-order valence-electron chi connectivity index (χ1n) is 6.49. The maximum atomic E-state index is 12.9. The predicted octanol–water partition coefficient (Wildman–Crippen LogP) is 4.26. The molecule has 2 aromatic carbocycles. The predicted molar refractivity (Wildman–Crippen MR) is 88.1 cm³/mol. The van der Waals surface area contributed by atoms with E-state index in [0.717, 1.165) is 15.4 Å². The minimum atomic E-state index is -3.59. The fraction of sp³-hybridized carbons (Fsp3) is 0.125. The van der Waals surface area contributed by atoms with Crippen LogP contribution >= 0.6 is 15.9 Å². The molecule has 0 atom stereocenters. The summed E-state index contributed by atoms with van der Waals surface area (Å²) in [7, 11) is -3.59. The molecular weight excluding hydrogens is 350 g/mol. The molecule has 0 aliphatic heterocycles. The molecule has 3 aromatic rings. The lowest BCUT2D eigenvalue weighted by Crippen LogP contribution is -2.14. The fourth-order valence-electron chi connectivity index (χ4n) is 2.42. The van der Waals surface area contributed by atoms with E-state index in [1.165, 1.54) is 3.97 Å². The largest absolute Gasteiger partial charge is 0.268 e. The van der Waals surface area contributed by atoms with Crippen molar-refractivity contribution in [2.75, 3.05) is 0 Å². The molecule has 0 N–H and O–H groups in total. The van der Waals surface area contributed by atoms with Gasteiger partial charge < -0.3 is 0 Å². The average Bonchev–Trinajstić information content (AvgIpc) is 2.75. The lowest BCUT2D eigenvalue weighted by atomic mass is 10.2. The van der Waals surface area contributed by atoms with Crippen molar-refractivity contribution in [3.05, 3.63) is 64.3 Å². The molecule has 0 saturated heterocycles. The van der Waals surface area contributed by atoms with Gasteiger partial charge in [-0.1, -0.05) is 39.7 Å². The Hall–Kier alpha value is -1.59. The molecule has 0 aliphatic carbocycles. The molecule has 108 valence electrons. The van der Waals surface area contributed by atoms with Crippen LogP contribution in [0.2, 0.25) is 0 Å². The summed E-state index contributed by atoms with van der Waals surface area (Å²) in [6.45, 7) is 3.74. The Labute approximate surface area is 132 Å². The van der Waals surface area contributed by atoms with E-state index in [0.29, 0.717) is 16.1 Å². The molecule has 3 rings (SSSR count). The van der Waals surface area contributed by atoms with Crippen molar-refractivity contribution in [3.63, 3.8) is 0 Å². The van der Waals surface area contributed by atoms with Crippen LogP contribution in [0.5, 0.6) is 0 Å². The van der Waals surface area contributed by atoms with Crippen LogP contribution in [0.4, 0.5) is 0 Å². The molecule has 0 fully saturated rings. The van der Waals surface area contributed by atoms with Crippen LogP contribution in [-0.2, 0) is 10.0 Å². The van der Waals surface area contributed by atoms with Crippen LogP contribution in [0.25, 0.3) is 10.9 Å². The first kappa shape index (κ1) is 14.4. The van der Waals surface area contributed by atoms with Crippen molar-refractivity contribution in [1.82, 2.24) is 3.97 Å². The summed E-state index contributed by atoms with van der Waals surface area (Å²) in [5.74, 6) is 0. The Bertz CT molecular complexity index is 925. The Morgan fingerprint density at radius 3 is 2.29 bits per heavy atom. The molecule has 5 heteroatoms. The zero-order valence-corrected chi connectivity index (χ0v) is 14.1. The van der Waals surface area contributed by atoms with E-state index in [9.17, 15) is 8.42 Å². The third-order valence-corrected chi connectivity index (χ3v) is 5.78. The second-order valence-electron chi connectivity index (χ2n) is 5.07. The lowest BCUT2D eigenvalue weighted by Gasteiger charge is -2.10. The Balaban J connectivity index is 2.30. The van der Waals surface area contributed by atoms with Crippen LogP contribution in [0.15, 0.2) is 57.9 Å². The zero-order valence-electron chi connectivity index (χ0n) is 11.7. The van der Waals surface area contributed by atoms with Gasteiger partial charge in [-0.2, -0.15) is 0 Å². The normalized spacial score (nSPS) is 12.0. The highest BCUT2D eigenvalue weighted by atomic mass is 79.9. The smallest absolute Gasteiger partial charge is 0.238 e. The molecule has 0 radical (unpaired) electrons. The van der Waals surface area contributed by atoms with Crippen molar-refractivity contribution < 1.29 is 8.42 Å². The molecular formula is C16H14BrNO2S. The van der Waals surface area contributed by atoms with Crippen molar-refractivity contribution >= 4 is 36.9 Å². The van der Waals surface area contributed by atoms with Crippen LogP contribution < -0.4 is 0 Å². The van der Waals surface area contributed by atoms with Crippen molar-refractivity contribution in [2.45, 2.75) is 18.7 Å². The van der Waals surface area contributed by atoms with Crippen LogP contribution in [-0.4, -0.2) is 12.4 Å². The summed E-state index contributed by atoms with van der Waals surface area (Å²) in [5, 5.41) is 0.909. The van der Waals surface area contributed by atoms with Gasteiger partial charge in [0.1, 0.15) is 0 Å². The van der Waals surface area contributed by atoms with E-state index in [4.69, 9.17) is 0 Å². The molecule has 0 aliphatic rings. The highest BCUT2D eigenvalue weighted by molar-refractivity contribution is 9.10. The first-order chi connectivity index (χ1) is 9.89. The number of fused-ring (bicyclic) bond motifs is 1. The fourth-order valence-corrected chi connectivity index (χ4v) is 4.31. The van der Waals surface area contributed by atoms with Gasteiger partial charge in [-0.15, -0.1) is 0 Å². The Kier molecular flexibility index (Phi) is 3.42. The lowest BCUT2D eigenvalue weighted by molar-refractivity contribution is 0.588. The van der Waals surface area contributed by atoms with E-state index in [-0.39, 0.29) is 0 Å². The van der Waals surface area contributed by atoms with Gasteiger partial charge in [-0.25, -0.2) is 12.4 Å². The second kappa shape index (κ2) is 5.00. The van der Waals surface area contributed by atoms with Crippen LogP contribution in [0.1, 0.15) is 11.3 Å². The molecule has 0 spiro atoms. The Morgan fingerprint density at radius 1 is 0.952 bits per heavy atom. The quantitative estimate of drug-likeness (QED) is 0.682. The van der Waals surface area contributed by atoms with Crippen LogP contribution in [0, 0.1) is 13.8 Å². The number of hydrogen-bond acceptors (Lipinski definition) is 2. The van der Waals surface area contributed by atoms with E-state index >= 15 is 0 Å². The monoisotopic (exact) mass is 363 g/mol. The van der Waals surface area contributed by atoms with Gasteiger partial charge in [0.2, 0.25) is 0 Å². The van der Waals surface area contributed by atoms with Crippen LogP contribution in [0.3, 0.4) is 0 Å². The minimum absolute atomic E-state index is 0.300. The highest BCUT2D eigenvalue weighted by Crippen LogP contribution is 2.27. The molecule has 0 bridgehead atoms. The van der Waals surface area contributed by atoms with Crippen molar-refractivity contribution in [2.24, 2.45) is 0 Å². The number of rotatable bonds is 2. The first-order valence-corrected chi connectivity index (χ1v) is 8.73. The third-order valence-electron chi connectivity index (χ3n) is 3.46. The average molecular weight is 364 g/mol. The maximum absolute atomic E-state index is 12.9. The van der Waals surface area contributed by atoms with Crippen molar-refractivity contribution in [3.8, 4) is 0 Å². The SMILES string of the molecule is Cc1ccc(S(=O)(=O)n2c(C)cc3ccc(Br)cc32)cc1. The van der Waals surface area contributed by atoms with Crippen molar-refractivity contribution in [1.29, 1.82) is 0 Å². The Morgan fingerprint density at radius 2 is 1.62 bits per heavy atom. The third kappa shape index (κ3) is 2.40. The molecule has 1 heterocycles. The number of benzene rings is 2. The van der Waals surface area contributed by atoms with E-state index in [1.807, 2.05) is 43.3 Å². The summed E-state index contributed by atoms with van der Waals surface area (Å²) in [6.07, 6.45) is 0. The molecule has 0 amide bonds. The second-order valence-corrected chi connectivity index (χ2v) is 7.77. The van der Waals surface area contributed by atoms with E-state index in [2.05, 4.69) is 15.9 Å². The molecule has 0 unspecified atom stereocenters. The molecule has 3 nitrogen and oxygen atoms in total. The van der Waals surface area contributed by atoms with Gasteiger partial charge in [-0.3, -0.25) is 0 Å². The van der Waals surface area contributed by atoms with Gasteiger partial charge in [0, 0.05) is 15.6 Å². The van der Waals surface area contributed by atoms with Gasteiger partial charge in [0.05, 0.1) is 10.4 Å². The molecule has 21 heavy (non-hydrogen) atoms. The number of nitrogens with zero attached hydrogens (tertiary/aromatic N) is 1. The zero-order chi connectivity index (χ0) is 15.2. The summed E-state index contributed by atoms with van der Waals surface area (Å²) in [4.78, 5) is 0.300. The van der Waals surface area contributed by atoms with E-state index < -0.39 is 10.0 Å². The molecule has 1 aromatic heterocycles. The standard InChI is InChI=1S/C16H14BrNO2S/c1-11-3-7-15(8-4-11)21(19,20)18-12(2)9-13-5-6-14(17)10-16(13)18/h3-10H,1-2H3. The van der Waals surface area contributed by atoms with E-state index in [1.54, 1.807) is 19.1 Å². The van der Waals surface area contributed by atoms with Gasteiger partial charge in [0.25, 0.3) is 10.0 Å². The number of aromatic nitrogens is 1. The summed E-state index contributed by atoms with van der Waals surface area (Å²) in [5.41, 5.74) is 2.41. The van der Waals surface area contributed by atoms with Gasteiger partial charge in [-0.05, 0) is 44.2 Å². The summed E-state index contributed by atoms with van der Waals surface area (Å²) < 4.78 is 28.1. The minimum Gasteiger partial charge on any atom is -0.238 e. The number of halogens is 1. The summed E-state index contributed by atoms with van der Waals surface area (Å²) in [6, 6.07) is 14.4. The summed E-state index contributed by atoms with van der Waals surface area (Å²) >= 11 is 3.40.